The average molecular weight is 461 g/mol. The quantitative estimate of drug-likeness (QED) is 0.172. The average Bonchev–Trinajstić information content (AvgIpc) is 2.79. The summed E-state index contributed by atoms with van der Waals surface area (Å²) in [7, 11) is 1.84. The van der Waals surface area contributed by atoms with Crippen LogP contribution in [-0.4, -0.2) is 59.7 Å². The number of unbranched alkanes of at least 4 members (excludes halogenated alkanes) is 12. The molecule has 0 saturated heterocycles. The SMILES string of the molecule is CCCCCCCCCCCCCCCC(=O)N(CCN)C(CC)[Si](OC)(OC)OC. The van der Waals surface area contributed by atoms with Gasteiger partial charge in [0.25, 0.3) is 0 Å². The van der Waals surface area contributed by atoms with Gasteiger partial charge in [0.15, 0.2) is 0 Å². The molecule has 0 aliphatic heterocycles. The van der Waals surface area contributed by atoms with Crippen LogP contribution in [0.2, 0.25) is 0 Å². The maximum absolute atomic E-state index is 13.0. The van der Waals surface area contributed by atoms with Crippen molar-refractivity contribution >= 4 is 14.7 Å². The molecule has 0 bridgehead atoms. The second-order valence-electron chi connectivity index (χ2n) is 8.51. The van der Waals surface area contributed by atoms with Crippen molar-refractivity contribution in [3.05, 3.63) is 0 Å². The number of nitrogens with two attached hydrogens (primary N) is 1. The van der Waals surface area contributed by atoms with Gasteiger partial charge in [-0.15, -0.1) is 0 Å². The van der Waals surface area contributed by atoms with Crippen LogP contribution in [0.4, 0.5) is 0 Å². The smallest absolute Gasteiger partial charge is 0.376 e. The third-order valence-corrected chi connectivity index (χ3v) is 9.45. The molecule has 31 heavy (non-hydrogen) atoms. The van der Waals surface area contributed by atoms with Crippen LogP contribution in [0, 0.1) is 0 Å². The van der Waals surface area contributed by atoms with Crippen LogP contribution in [0.1, 0.15) is 110 Å². The first-order valence-corrected chi connectivity index (χ1v) is 14.5. The number of hydrogen-bond donors (Lipinski definition) is 1. The molecular weight excluding hydrogens is 408 g/mol. The van der Waals surface area contributed by atoms with Gasteiger partial charge in [0, 0.05) is 40.8 Å². The Balaban J connectivity index is 4.15. The number of nitrogens with zero attached hydrogens (tertiary/aromatic N) is 1. The summed E-state index contributed by atoms with van der Waals surface area (Å²) in [4.78, 5) is 14.8. The molecule has 0 aromatic heterocycles. The minimum atomic E-state index is -2.95. The molecule has 1 atom stereocenters. The van der Waals surface area contributed by atoms with E-state index in [-0.39, 0.29) is 11.6 Å². The zero-order valence-electron chi connectivity index (χ0n) is 21.3. The fourth-order valence-corrected chi connectivity index (χ4v) is 6.82. The summed E-state index contributed by atoms with van der Waals surface area (Å²) in [5, 5.41) is 0. The lowest BCUT2D eigenvalue weighted by atomic mass is 10.0. The topological polar surface area (TPSA) is 74.0 Å². The zero-order chi connectivity index (χ0) is 23.4. The summed E-state index contributed by atoms with van der Waals surface area (Å²) in [6, 6.07) is 0. The van der Waals surface area contributed by atoms with Crippen LogP contribution in [0.3, 0.4) is 0 Å². The fourth-order valence-electron chi connectivity index (χ4n) is 4.35. The van der Waals surface area contributed by atoms with Gasteiger partial charge in [-0.1, -0.05) is 90.9 Å². The van der Waals surface area contributed by atoms with E-state index < -0.39 is 8.80 Å². The van der Waals surface area contributed by atoms with Crippen LogP contribution in [0.15, 0.2) is 0 Å². The first-order valence-electron chi connectivity index (χ1n) is 12.7. The summed E-state index contributed by atoms with van der Waals surface area (Å²) in [6.45, 7) is 5.22. The lowest BCUT2D eigenvalue weighted by molar-refractivity contribution is -0.133. The highest BCUT2D eigenvalue weighted by Gasteiger charge is 2.50. The van der Waals surface area contributed by atoms with Crippen LogP contribution in [0.5, 0.6) is 0 Å². The van der Waals surface area contributed by atoms with Gasteiger partial charge in [-0.05, 0) is 12.8 Å². The largest absolute Gasteiger partial charge is 0.523 e. The molecule has 0 aliphatic rings. The Bertz CT molecular complexity index is 414. The molecule has 186 valence electrons. The maximum Gasteiger partial charge on any atom is 0.523 e. The van der Waals surface area contributed by atoms with E-state index in [1.807, 2.05) is 11.8 Å². The van der Waals surface area contributed by atoms with Crippen LogP contribution in [-0.2, 0) is 18.1 Å². The molecule has 0 rings (SSSR count). The minimum absolute atomic E-state index is 0.128. The molecule has 0 heterocycles. The highest BCUT2D eigenvalue weighted by atomic mass is 28.4. The molecule has 0 radical (unpaired) electrons. The standard InChI is InChI=1S/C24H52N2O4Si/c1-6-8-9-10-11-12-13-14-15-16-17-18-19-20-23(27)26(22-21-25)24(7-2)31(28-3,29-4)30-5/h24H,6-22,25H2,1-5H3. The van der Waals surface area contributed by atoms with Crippen molar-refractivity contribution in [2.24, 2.45) is 5.73 Å². The van der Waals surface area contributed by atoms with Crippen LogP contribution < -0.4 is 5.73 Å². The molecule has 1 amide bonds. The predicted molar refractivity (Wildman–Crippen MR) is 132 cm³/mol. The lowest BCUT2D eigenvalue weighted by Crippen LogP contribution is -2.63. The maximum atomic E-state index is 13.0. The zero-order valence-corrected chi connectivity index (χ0v) is 22.3. The van der Waals surface area contributed by atoms with E-state index in [9.17, 15) is 4.79 Å². The summed E-state index contributed by atoms with van der Waals surface area (Å²) in [5.41, 5.74) is 5.60. The number of amides is 1. The van der Waals surface area contributed by atoms with Crippen molar-refractivity contribution in [3.8, 4) is 0 Å². The Morgan fingerprint density at radius 3 is 1.55 bits per heavy atom. The molecule has 6 nitrogen and oxygen atoms in total. The predicted octanol–water partition coefficient (Wildman–Crippen LogP) is 5.45. The molecule has 2 N–H and O–H groups in total. The van der Waals surface area contributed by atoms with E-state index >= 15 is 0 Å². The van der Waals surface area contributed by atoms with E-state index in [4.69, 9.17) is 19.0 Å². The Hall–Kier alpha value is -0.473. The normalized spacial score (nSPS) is 12.8. The van der Waals surface area contributed by atoms with Crippen molar-refractivity contribution < 1.29 is 18.1 Å². The van der Waals surface area contributed by atoms with Crippen molar-refractivity contribution in [3.63, 3.8) is 0 Å². The van der Waals surface area contributed by atoms with E-state index in [0.29, 0.717) is 25.9 Å². The van der Waals surface area contributed by atoms with E-state index in [1.54, 1.807) is 21.3 Å². The van der Waals surface area contributed by atoms with Gasteiger partial charge >= 0.3 is 8.80 Å². The Kier molecular flexibility index (Phi) is 19.8. The third-order valence-electron chi connectivity index (χ3n) is 6.21. The van der Waals surface area contributed by atoms with E-state index in [1.165, 1.54) is 70.6 Å². The first-order chi connectivity index (χ1) is 15.1. The molecule has 0 saturated carbocycles. The van der Waals surface area contributed by atoms with Crippen molar-refractivity contribution in [1.29, 1.82) is 0 Å². The van der Waals surface area contributed by atoms with Gasteiger partial charge in [0.1, 0.15) is 5.67 Å². The monoisotopic (exact) mass is 460 g/mol. The van der Waals surface area contributed by atoms with Gasteiger partial charge in [-0.25, -0.2) is 0 Å². The number of rotatable bonds is 22. The van der Waals surface area contributed by atoms with Gasteiger partial charge in [-0.3, -0.25) is 4.79 Å². The highest BCUT2D eigenvalue weighted by Crippen LogP contribution is 2.22. The van der Waals surface area contributed by atoms with Gasteiger partial charge < -0.3 is 23.9 Å². The fraction of sp³-hybridized carbons (Fsp3) is 0.958. The molecular formula is C24H52N2O4Si. The van der Waals surface area contributed by atoms with Crippen LogP contribution >= 0.6 is 0 Å². The van der Waals surface area contributed by atoms with E-state index in [0.717, 1.165) is 12.8 Å². The Labute approximate surface area is 193 Å². The third kappa shape index (κ3) is 12.4. The van der Waals surface area contributed by atoms with Gasteiger partial charge in [-0.2, -0.15) is 0 Å². The second kappa shape index (κ2) is 20.2. The number of carbonyl (C=O) groups excluding carboxylic acids is 1. The number of carbonyl (C=O) groups is 1. The molecule has 7 heteroatoms. The molecule has 0 spiro atoms. The lowest BCUT2D eigenvalue weighted by Gasteiger charge is -2.39. The Morgan fingerprint density at radius 1 is 0.774 bits per heavy atom. The van der Waals surface area contributed by atoms with Crippen molar-refractivity contribution in [1.82, 2.24) is 4.90 Å². The van der Waals surface area contributed by atoms with Gasteiger partial charge in [0.2, 0.25) is 5.91 Å². The van der Waals surface area contributed by atoms with Crippen molar-refractivity contribution in [2.75, 3.05) is 34.4 Å². The second-order valence-corrected chi connectivity index (χ2v) is 11.6. The Morgan fingerprint density at radius 2 is 1.19 bits per heavy atom. The van der Waals surface area contributed by atoms with Crippen molar-refractivity contribution in [2.45, 2.75) is 116 Å². The van der Waals surface area contributed by atoms with Crippen LogP contribution in [0.25, 0.3) is 0 Å². The number of hydrogen-bond acceptors (Lipinski definition) is 5. The molecule has 0 fully saturated rings. The molecule has 0 aliphatic carbocycles. The summed E-state index contributed by atoms with van der Waals surface area (Å²) >= 11 is 0. The minimum Gasteiger partial charge on any atom is -0.376 e. The van der Waals surface area contributed by atoms with E-state index in [2.05, 4.69) is 6.92 Å². The summed E-state index contributed by atoms with van der Waals surface area (Å²) < 4.78 is 16.9. The van der Waals surface area contributed by atoms with Gasteiger partial charge in [0.05, 0.1) is 0 Å². The first kappa shape index (κ1) is 30.5. The molecule has 0 aromatic rings. The summed E-state index contributed by atoms with van der Waals surface area (Å²) in [5.74, 6) is 0.128. The summed E-state index contributed by atoms with van der Waals surface area (Å²) in [6.07, 6.45) is 18.2. The molecule has 1 unspecified atom stereocenters. The molecule has 0 aromatic carbocycles. The highest BCUT2D eigenvalue weighted by molar-refractivity contribution is 6.62.